The van der Waals surface area contributed by atoms with Gasteiger partial charge in [-0.2, -0.15) is 0 Å². The molecule has 0 bridgehead atoms. The molecule has 0 amide bonds. The topological polar surface area (TPSA) is 49.3 Å². The molecule has 0 aliphatic carbocycles. The third kappa shape index (κ3) is 2.02. The maximum absolute atomic E-state index is 12.4. The Bertz CT molecular complexity index is 595. The number of carbonyl (C=O) groups excluding carboxylic acids is 1. The molecule has 19 heavy (non-hydrogen) atoms. The van der Waals surface area contributed by atoms with Crippen molar-refractivity contribution < 1.29 is 9.90 Å². The lowest BCUT2D eigenvalue weighted by Gasteiger charge is -2.32. The van der Waals surface area contributed by atoms with Gasteiger partial charge in [-0.3, -0.25) is 4.79 Å². The van der Waals surface area contributed by atoms with Crippen LogP contribution in [0.3, 0.4) is 0 Å². The van der Waals surface area contributed by atoms with Crippen molar-refractivity contribution in [3.8, 4) is 0 Å². The van der Waals surface area contributed by atoms with E-state index in [1.165, 1.54) is 0 Å². The van der Waals surface area contributed by atoms with E-state index in [1.807, 2.05) is 48.5 Å². The first-order chi connectivity index (χ1) is 9.31. The molecular formula is C16H15NO2. The Labute approximate surface area is 111 Å². The first kappa shape index (κ1) is 11.9. The van der Waals surface area contributed by atoms with Gasteiger partial charge in [-0.25, -0.2) is 0 Å². The van der Waals surface area contributed by atoms with E-state index in [0.29, 0.717) is 5.56 Å². The van der Waals surface area contributed by atoms with Gasteiger partial charge in [0.25, 0.3) is 0 Å². The van der Waals surface area contributed by atoms with Crippen LogP contribution in [0, 0.1) is 5.92 Å². The number of hydrogen-bond donors (Lipinski definition) is 2. The van der Waals surface area contributed by atoms with Crippen molar-refractivity contribution in [1.82, 2.24) is 0 Å². The van der Waals surface area contributed by atoms with Gasteiger partial charge in [0.1, 0.15) is 0 Å². The monoisotopic (exact) mass is 253 g/mol. The summed E-state index contributed by atoms with van der Waals surface area (Å²) in [5.74, 6) is -0.428. The normalized spacial score (nSPS) is 21.6. The van der Waals surface area contributed by atoms with Gasteiger partial charge in [0, 0.05) is 11.3 Å². The van der Waals surface area contributed by atoms with Crippen LogP contribution < -0.4 is 5.32 Å². The minimum Gasteiger partial charge on any atom is -0.396 e. The summed E-state index contributed by atoms with van der Waals surface area (Å²) < 4.78 is 0. The average Bonchev–Trinajstić information content (AvgIpc) is 2.48. The number of ketones is 1. The minimum atomic E-state index is -0.433. The third-order valence-corrected chi connectivity index (χ3v) is 3.60. The number of aliphatic hydroxyl groups excluding tert-OH is 1. The summed E-state index contributed by atoms with van der Waals surface area (Å²) in [7, 11) is 0. The van der Waals surface area contributed by atoms with Crippen LogP contribution in [0.2, 0.25) is 0 Å². The van der Waals surface area contributed by atoms with Crippen LogP contribution in [0.1, 0.15) is 22.0 Å². The molecule has 2 aromatic rings. The molecule has 0 spiro atoms. The van der Waals surface area contributed by atoms with Crippen molar-refractivity contribution in [3.63, 3.8) is 0 Å². The minimum absolute atomic E-state index is 0.00528. The molecule has 0 radical (unpaired) electrons. The number of para-hydroxylation sites is 1. The number of benzene rings is 2. The summed E-state index contributed by atoms with van der Waals surface area (Å²) in [6, 6.07) is 17.0. The Hall–Kier alpha value is -2.13. The molecule has 2 aromatic carbocycles. The maximum Gasteiger partial charge on any atom is 0.172 e. The van der Waals surface area contributed by atoms with Gasteiger partial charge >= 0.3 is 0 Å². The zero-order chi connectivity index (χ0) is 13.2. The molecule has 96 valence electrons. The average molecular weight is 253 g/mol. The highest BCUT2D eigenvalue weighted by Gasteiger charge is 2.35. The molecule has 3 nitrogen and oxygen atoms in total. The van der Waals surface area contributed by atoms with Crippen LogP contribution in [0.15, 0.2) is 54.6 Å². The highest BCUT2D eigenvalue weighted by molar-refractivity contribution is 6.05. The number of carbonyl (C=O) groups is 1. The molecular weight excluding hydrogens is 238 g/mol. The lowest BCUT2D eigenvalue weighted by molar-refractivity contribution is 0.0829. The molecule has 2 N–H and O–H groups in total. The van der Waals surface area contributed by atoms with Crippen molar-refractivity contribution in [2.24, 2.45) is 5.92 Å². The number of aliphatic hydroxyl groups is 1. The van der Waals surface area contributed by atoms with Crippen molar-refractivity contribution in [2.75, 3.05) is 11.9 Å². The fourth-order valence-electron chi connectivity index (χ4n) is 2.61. The summed E-state index contributed by atoms with van der Waals surface area (Å²) in [5, 5.41) is 12.9. The van der Waals surface area contributed by atoms with Gasteiger partial charge in [0.05, 0.1) is 18.6 Å². The highest BCUT2D eigenvalue weighted by Crippen LogP contribution is 2.36. The Balaban J connectivity index is 2.05. The second-order valence-electron chi connectivity index (χ2n) is 4.73. The number of hydrogen-bond acceptors (Lipinski definition) is 3. The van der Waals surface area contributed by atoms with Gasteiger partial charge in [-0.1, -0.05) is 42.5 Å². The predicted molar refractivity (Wildman–Crippen MR) is 74.2 cm³/mol. The predicted octanol–water partition coefficient (Wildman–Crippen LogP) is 2.64. The molecule has 0 fully saturated rings. The van der Waals surface area contributed by atoms with Crippen molar-refractivity contribution in [3.05, 3.63) is 65.7 Å². The van der Waals surface area contributed by atoms with Crippen molar-refractivity contribution >= 4 is 11.5 Å². The summed E-state index contributed by atoms with van der Waals surface area (Å²) in [6.07, 6.45) is 0. The van der Waals surface area contributed by atoms with E-state index >= 15 is 0 Å². The zero-order valence-corrected chi connectivity index (χ0v) is 10.4. The van der Waals surface area contributed by atoms with Gasteiger partial charge in [0.2, 0.25) is 0 Å². The Morgan fingerprint density at radius 3 is 2.42 bits per heavy atom. The van der Waals surface area contributed by atoms with Crippen LogP contribution in [0.4, 0.5) is 5.69 Å². The summed E-state index contributed by atoms with van der Waals surface area (Å²) in [6.45, 7) is -0.153. The van der Waals surface area contributed by atoms with Gasteiger partial charge in [-0.05, 0) is 17.7 Å². The molecule has 0 saturated heterocycles. The molecule has 3 heteroatoms. The number of fused-ring (bicyclic) bond motifs is 1. The molecule has 2 atom stereocenters. The lowest BCUT2D eigenvalue weighted by Crippen LogP contribution is -2.35. The van der Waals surface area contributed by atoms with Crippen LogP contribution in [0.25, 0.3) is 0 Å². The van der Waals surface area contributed by atoms with Crippen molar-refractivity contribution in [1.29, 1.82) is 0 Å². The molecule has 0 aromatic heterocycles. The fraction of sp³-hybridized carbons (Fsp3) is 0.188. The van der Waals surface area contributed by atoms with E-state index in [0.717, 1.165) is 11.3 Å². The second kappa shape index (κ2) is 4.86. The number of Topliss-reactive ketones (excluding diaryl/α,β-unsaturated/α-hetero) is 1. The van der Waals surface area contributed by atoms with Crippen molar-refractivity contribution in [2.45, 2.75) is 6.04 Å². The van der Waals surface area contributed by atoms with Gasteiger partial charge in [-0.15, -0.1) is 0 Å². The number of rotatable bonds is 2. The SMILES string of the molecule is O=C1c2ccccc2NC(c2ccccc2)C1CO. The third-order valence-electron chi connectivity index (χ3n) is 3.60. The van der Waals surface area contributed by atoms with E-state index in [1.54, 1.807) is 6.07 Å². The summed E-state index contributed by atoms with van der Waals surface area (Å²) >= 11 is 0. The quantitative estimate of drug-likeness (QED) is 0.865. The maximum atomic E-state index is 12.4. The van der Waals surface area contributed by atoms with Crippen LogP contribution >= 0.6 is 0 Å². The zero-order valence-electron chi connectivity index (χ0n) is 10.4. The molecule has 1 heterocycles. The molecule has 2 unspecified atom stereocenters. The Morgan fingerprint density at radius 2 is 1.68 bits per heavy atom. The van der Waals surface area contributed by atoms with E-state index in [2.05, 4.69) is 5.32 Å². The van der Waals surface area contributed by atoms with Crippen LogP contribution in [-0.4, -0.2) is 17.5 Å². The molecule has 0 saturated carbocycles. The van der Waals surface area contributed by atoms with E-state index in [4.69, 9.17) is 0 Å². The Morgan fingerprint density at radius 1 is 1.00 bits per heavy atom. The second-order valence-corrected chi connectivity index (χ2v) is 4.73. The van der Waals surface area contributed by atoms with E-state index in [9.17, 15) is 9.90 Å². The first-order valence-corrected chi connectivity index (χ1v) is 6.37. The molecule has 3 rings (SSSR count). The lowest BCUT2D eigenvalue weighted by atomic mass is 9.83. The molecule has 1 aliphatic rings. The van der Waals surface area contributed by atoms with Gasteiger partial charge < -0.3 is 10.4 Å². The standard InChI is InChI=1S/C16H15NO2/c18-10-13-15(11-6-2-1-3-7-11)17-14-9-5-4-8-12(14)16(13)19/h1-9,13,15,17-18H,10H2. The number of anilines is 1. The van der Waals surface area contributed by atoms with E-state index < -0.39 is 5.92 Å². The fourth-order valence-corrected chi connectivity index (χ4v) is 2.61. The first-order valence-electron chi connectivity index (χ1n) is 6.37. The Kier molecular flexibility index (Phi) is 3.05. The largest absolute Gasteiger partial charge is 0.396 e. The molecule has 1 aliphatic heterocycles. The van der Waals surface area contributed by atoms with Crippen LogP contribution in [0.5, 0.6) is 0 Å². The summed E-state index contributed by atoms with van der Waals surface area (Å²) in [4.78, 5) is 12.4. The number of nitrogens with one attached hydrogen (secondary N) is 1. The van der Waals surface area contributed by atoms with Crippen LogP contribution in [-0.2, 0) is 0 Å². The van der Waals surface area contributed by atoms with E-state index in [-0.39, 0.29) is 18.4 Å². The van der Waals surface area contributed by atoms with Gasteiger partial charge in [0.15, 0.2) is 5.78 Å². The smallest absolute Gasteiger partial charge is 0.172 e. The highest BCUT2D eigenvalue weighted by atomic mass is 16.3. The summed E-state index contributed by atoms with van der Waals surface area (Å²) in [5.41, 5.74) is 2.52.